The van der Waals surface area contributed by atoms with E-state index in [0.717, 1.165) is 13.0 Å². The maximum absolute atomic E-state index is 12.0. The SMILES string of the molecule is CN(C)CCCN(C)C(=O)c1cn(CCN)nn1. The molecule has 0 fully saturated rings. The molecule has 0 bridgehead atoms. The van der Waals surface area contributed by atoms with E-state index >= 15 is 0 Å². The van der Waals surface area contributed by atoms with Crippen LogP contribution in [0.1, 0.15) is 16.9 Å². The van der Waals surface area contributed by atoms with Gasteiger partial charge in [0, 0.05) is 20.1 Å². The van der Waals surface area contributed by atoms with Gasteiger partial charge in [0.2, 0.25) is 0 Å². The molecule has 0 saturated carbocycles. The van der Waals surface area contributed by atoms with Crippen molar-refractivity contribution in [2.75, 3.05) is 40.8 Å². The molecule has 7 heteroatoms. The van der Waals surface area contributed by atoms with Crippen LogP contribution in [-0.4, -0.2) is 71.5 Å². The molecule has 102 valence electrons. The normalized spacial score (nSPS) is 10.9. The number of aromatic nitrogens is 3. The summed E-state index contributed by atoms with van der Waals surface area (Å²) in [5, 5.41) is 7.70. The molecule has 1 amide bonds. The predicted molar refractivity (Wildman–Crippen MR) is 69.2 cm³/mol. The Hall–Kier alpha value is -1.47. The first kappa shape index (κ1) is 14.6. The maximum atomic E-state index is 12.0. The summed E-state index contributed by atoms with van der Waals surface area (Å²) in [6.07, 6.45) is 2.57. The highest BCUT2D eigenvalue weighted by atomic mass is 16.2. The molecular weight excluding hydrogens is 232 g/mol. The van der Waals surface area contributed by atoms with Crippen LogP contribution in [0.3, 0.4) is 0 Å². The highest BCUT2D eigenvalue weighted by Gasteiger charge is 2.15. The van der Waals surface area contributed by atoms with Crippen LogP contribution in [0.2, 0.25) is 0 Å². The molecule has 1 heterocycles. The van der Waals surface area contributed by atoms with Crippen molar-refractivity contribution in [1.29, 1.82) is 0 Å². The molecule has 0 aromatic carbocycles. The van der Waals surface area contributed by atoms with E-state index in [0.29, 0.717) is 25.3 Å². The summed E-state index contributed by atoms with van der Waals surface area (Å²) in [6, 6.07) is 0. The highest BCUT2D eigenvalue weighted by molar-refractivity contribution is 5.91. The summed E-state index contributed by atoms with van der Waals surface area (Å²) >= 11 is 0. The van der Waals surface area contributed by atoms with Crippen molar-refractivity contribution in [1.82, 2.24) is 24.8 Å². The highest BCUT2D eigenvalue weighted by Crippen LogP contribution is 2.00. The molecule has 0 radical (unpaired) electrons. The average Bonchev–Trinajstić information content (AvgIpc) is 2.76. The average molecular weight is 254 g/mol. The van der Waals surface area contributed by atoms with Gasteiger partial charge in [-0.25, -0.2) is 0 Å². The molecule has 0 aliphatic heterocycles. The van der Waals surface area contributed by atoms with E-state index in [9.17, 15) is 4.79 Å². The van der Waals surface area contributed by atoms with Gasteiger partial charge in [0.25, 0.3) is 5.91 Å². The van der Waals surface area contributed by atoms with E-state index in [1.165, 1.54) is 0 Å². The fourth-order valence-electron chi connectivity index (χ4n) is 1.56. The first-order valence-electron chi connectivity index (χ1n) is 6.05. The van der Waals surface area contributed by atoms with E-state index in [1.807, 2.05) is 14.1 Å². The molecule has 0 aliphatic rings. The number of nitrogens with two attached hydrogens (primary N) is 1. The van der Waals surface area contributed by atoms with Gasteiger partial charge in [0.15, 0.2) is 5.69 Å². The van der Waals surface area contributed by atoms with Crippen LogP contribution in [0.25, 0.3) is 0 Å². The minimum atomic E-state index is -0.1000. The second-order valence-corrected chi connectivity index (χ2v) is 4.54. The molecule has 1 aromatic rings. The van der Waals surface area contributed by atoms with E-state index in [4.69, 9.17) is 5.73 Å². The zero-order chi connectivity index (χ0) is 13.5. The Morgan fingerprint density at radius 3 is 2.72 bits per heavy atom. The first-order valence-corrected chi connectivity index (χ1v) is 6.05. The number of carbonyl (C=O) groups is 1. The number of rotatable bonds is 7. The Balaban J connectivity index is 2.46. The minimum Gasteiger partial charge on any atom is -0.340 e. The molecule has 1 rings (SSSR count). The lowest BCUT2D eigenvalue weighted by atomic mass is 10.3. The van der Waals surface area contributed by atoms with Crippen LogP contribution >= 0.6 is 0 Å². The number of nitrogens with zero attached hydrogens (tertiary/aromatic N) is 5. The van der Waals surface area contributed by atoms with E-state index in [2.05, 4.69) is 15.2 Å². The Kier molecular flexibility index (Phi) is 5.73. The van der Waals surface area contributed by atoms with Crippen molar-refractivity contribution in [2.24, 2.45) is 5.73 Å². The molecule has 0 unspecified atom stereocenters. The van der Waals surface area contributed by atoms with Crippen LogP contribution in [0.15, 0.2) is 6.20 Å². The lowest BCUT2D eigenvalue weighted by Gasteiger charge is -2.17. The van der Waals surface area contributed by atoms with Gasteiger partial charge >= 0.3 is 0 Å². The molecule has 0 saturated heterocycles. The lowest BCUT2D eigenvalue weighted by Crippen LogP contribution is -2.30. The molecule has 2 N–H and O–H groups in total. The summed E-state index contributed by atoms with van der Waals surface area (Å²) in [5.74, 6) is -0.1000. The summed E-state index contributed by atoms with van der Waals surface area (Å²) in [5.41, 5.74) is 5.78. The third kappa shape index (κ3) is 4.42. The fraction of sp³-hybridized carbons (Fsp3) is 0.727. The van der Waals surface area contributed by atoms with Crippen LogP contribution in [0.5, 0.6) is 0 Å². The Labute approximate surface area is 108 Å². The largest absolute Gasteiger partial charge is 0.340 e. The van der Waals surface area contributed by atoms with Crippen molar-refractivity contribution < 1.29 is 4.79 Å². The molecule has 0 aliphatic carbocycles. The summed E-state index contributed by atoms with van der Waals surface area (Å²) in [6.45, 7) is 2.72. The van der Waals surface area contributed by atoms with Gasteiger partial charge in [0.1, 0.15) is 0 Å². The zero-order valence-electron chi connectivity index (χ0n) is 11.3. The summed E-state index contributed by atoms with van der Waals surface area (Å²) in [7, 11) is 5.81. The topological polar surface area (TPSA) is 80.3 Å². The molecule has 18 heavy (non-hydrogen) atoms. The predicted octanol–water partition coefficient (Wildman–Crippen LogP) is -0.739. The first-order chi connectivity index (χ1) is 8.54. The number of hydrogen-bond donors (Lipinski definition) is 1. The van der Waals surface area contributed by atoms with Crippen molar-refractivity contribution in [3.05, 3.63) is 11.9 Å². The Morgan fingerprint density at radius 2 is 2.11 bits per heavy atom. The monoisotopic (exact) mass is 254 g/mol. The zero-order valence-corrected chi connectivity index (χ0v) is 11.3. The minimum absolute atomic E-state index is 0.1000. The summed E-state index contributed by atoms with van der Waals surface area (Å²) in [4.78, 5) is 15.8. The van der Waals surface area contributed by atoms with E-state index in [1.54, 1.807) is 22.8 Å². The van der Waals surface area contributed by atoms with Gasteiger partial charge in [-0.15, -0.1) is 5.10 Å². The van der Waals surface area contributed by atoms with Crippen molar-refractivity contribution >= 4 is 5.91 Å². The second-order valence-electron chi connectivity index (χ2n) is 4.54. The van der Waals surface area contributed by atoms with Gasteiger partial charge < -0.3 is 15.5 Å². The molecule has 7 nitrogen and oxygen atoms in total. The molecule has 0 atom stereocenters. The lowest BCUT2D eigenvalue weighted by molar-refractivity contribution is 0.0784. The van der Waals surface area contributed by atoms with E-state index in [-0.39, 0.29) is 5.91 Å². The Morgan fingerprint density at radius 1 is 1.39 bits per heavy atom. The Bertz CT molecular complexity index is 375. The molecular formula is C11H22N6O. The summed E-state index contributed by atoms with van der Waals surface area (Å²) < 4.78 is 1.58. The van der Waals surface area contributed by atoms with Crippen LogP contribution < -0.4 is 5.73 Å². The van der Waals surface area contributed by atoms with Gasteiger partial charge in [-0.3, -0.25) is 9.48 Å². The van der Waals surface area contributed by atoms with Gasteiger partial charge in [-0.1, -0.05) is 5.21 Å². The number of carbonyl (C=O) groups excluding carboxylic acids is 1. The van der Waals surface area contributed by atoms with Crippen LogP contribution in [0.4, 0.5) is 0 Å². The standard InChI is InChI=1S/C11H22N6O/c1-15(2)6-4-7-16(3)11(18)10-9-17(8-5-12)14-13-10/h9H,4-8,12H2,1-3H3. The third-order valence-corrected chi connectivity index (χ3v) is 2.56. The smallest absolute Gasteiger partial charge is 0.275 e. The van der Waals surface area contributed by atoms with Crippen molar-refractivity contribution in [2.45, 2.75) is 13.0 Å². The van der Waals surface area contributed by atoms with Gasteiger partial charge in [-0.2, -0.15) is 0 Å². The third-order valence-electron chi connectivity index (χ3n) is 2.56. The van der Waals surface area contributed by atoms with E-state index < -0.39 is 0 Å². The molecule has 0 spiro atoms. The molecule has 1 aromatic heterocycles. The fourth-order valence-corrected chi connectivity index (χ4v) is 1.56. The number of hydrogen-bond acceptors (Lipinski definition) is 5. The van der Waals surface area contributed by atoms with Crippen LogP contribution in [-0.2, 0) is 6.54 Å². The van der Waals surface area contributed by atoms with Crippen molar-refractivity contribution in [3.8, 4) is 0 Å². The van der Waals surface area contributed by atoms with Crippen molar-refractivity contribution in [3.63, 3.8) is 0 Å². The quantitative estimate of drug-likeness (QED) is 0.693. The number of amides is 1. The second kappa shape index (κ2) is 7.07. The van der Waals surface area contributed by atoms with Gasteiger partial charge in [-0.05, 0) is 27.1 Å². The van der Waals surface area contributed by atoms with Crippen LogP contribution in [0, 0.1) is 0 Å². The van der Waals surface area contributed by atoms with Gasteiger partial charge in [0.05, 0.1) is 12.7 Å². The maximum Gasteiger partial charge on any atom is 0.275 e.